The highest BCUT2D eigenvalue weighted by molar-refractivity contribution is 5.81. The maximum atomic E-state index is 5.98. The van der Waals surface area contributed by atoms with Gasteiger partial charge in [0.15, 0.2) is 5.58 Å². The summed E-state index contributed by atoms with van der Waals surface area (Å²) in [4.78, 5) is 0. The molecule has 102 valence electrons. The number of aromatic nitrogens is 1. The SMILES string of the molecule is CC=CC1(c2noc3ccccc23)C=CC=C[C@@H]1CN. The number of nitrogens with zero attached hydrogens (tertiary/aromatic N) is 1. The van der Waals surface area contributed by atoms with Crippen molar-refractivity contribution in [1.29, 1.82) is 0 Å². The van der Waals surface area contributed by atoms with E-state index in [0.717, 1.165) is 16.7 Å². The van der Waals surface area contributed by atoms with Crippen LogP contribution < -0.4 is 5.73 Å². The lowest BCUT2D eigenvalue weighted by Crippen LogP contribution is -2.36. The number of nitrogens with two attached hydrogens (primary N) is 1. The van der Waals surface area contributed by atoms with Crippen LogP contribution in [-0.4, -0.2) is 11.7 Å². The Balaban J connectivity index is 2.25. The predicted molar refractivity (Wildman–Crippen MR) is 81.3 cm³/mol. The number of hydrogen-bond acceptors (Lipinski definition) is 3. The number of allylic oxidation sites excluding steroid dienone is 5. The number of para-hydroxylation sites is 1. The van der Waals surface area contributed by atoms with Crippen LogP contribution in [-0.2, 0) is 5.41 Å². The standard InChI is InChI=1S/C17H18N2O/c1-2-10-17(11-6-5-7-13(17)12-18)16-14-8-3-4-9-15(14)20-19-16/h2-11,13H,12,18H2,1H3/t13-,17?/m1/s1. The summed E-state index contributed by atoms with van der Waals surface area (Å²) in [6, 6.07) is 7.95. The van der Waals surface area contributed by atoms with Crippen molar-refractivity contribution in [3.8, 4) is 0 Å². The highest BCUT2D eigenvalue weighted by atomic mass is 16.5. The van der Waals surface area contributed by atoms with Gasteiger partial charge in [-0.2, -0.15) is 0 Å². The summed E-state index contributed by atoms with van der Waals surface area (Å²) in [5.41, 5.74) is 7.40. The van der Waals surface area contributed by atoms with Gasteiger partial charge in [-0.15, -0.1) is 0 Å². The van der Waals surface area contributed by atoms with E-state index < -0.39 is 0 Å². The molecule has 0 radical (unpaired) electrons. The number of fused-ring (bicyclic) bond motifs is 1. The smallest absolute Gasteiger partial charge is 0.167 e. The second-order valence-corrected chi connectivity index (χ2v) is 5.05. The first-order valence-electron chi connectivity index (χ1n) is 6.86. The van der Waals surface area contributed by atoms with Crippen LogP contribution in [0.15, 0.2) is 65.2 Å². The molecule has 3 rings (SSSR count). The molecule has 3 nitrogen and oxygen atoms in total. The Morgan fingerprint density at radius 3 is 3.00 bits per heavy atom. The molecular formula is C17H18N2O. The zero-order valence-corrected chi connectivity index (χ0v) is 11.5. The zero-order valence-electron chi connectivity index (χ0n) is 11.5. The van der Waals surface area contributed by atoms with E-state index in [2.05, 4.69) is 35.5 Å². The van der Waals surface area contributed by atoms with Crippen LogP contribution in [0.25, 0.3) is 11.0 Å². The van der Waals surface area contributed by atoms with Gasteiger partial charge in [-0.1, -0.05) is 53.7 Å². The van der Waals surface area contributed by atoms with Crippen LogP contribution >= 0.6 is 0 Å². The Kier molecular flexibility index (Phi) is 3.28. The van der Waals surface area contributed by atoms with Crippen molar-refractivity contribution in [3.05, 3.63) is 66.4 Å². The van der Waals surface area contributed by atoms with E-state index in [-0.39, 0.29) is 11.3 Å². The summed E-state index contributed by atoms with van der Waals surface area (Å²) in [7, 11) is 0. The second-order valence-electron chi connectivity index (χ2n) is 5.05. The topological polar surface area (TPSA) is 52.0 Å². The third-order valence-corrected chi connectivity index (χ3v) is 3.92. The van der Waals surface area contributed by atoms with Crippen molar-refractivity contribution >= 4 is 11.0 Å². The van der Waals surface area contributed by atoms with Gasteiger partial charge in [0, 0.05) is 17.8 Å². The minimum atomic E-state index is -0.329. The number of hydrogen-bond donors (Lipinski definition) is 1. The van der Waals surface area contributed by atoms with Crippen LogP contribution in [0.5, 0.6) is 0 Å². The first-order valence-corrected chi connectivity index (χ1v) is 6.86. The Bertz CT molecular complexity index is 696. The number of rotatable bonds is 3. The highest BCUT2D eigenvalue weighted by Gasteiger charge is 2.38. The normalized spacial score (nSPS) is 25.8. The molecule has 1 aromatic heterocycles. The monoisotopic (exact) mass is 266 g/mol. The van der Waals surface area contributed by atoms with E-state index in [4.69, 9.17) is 10.3 Å². The van der Waals surface area contributed by atoms with Crippen molar-refractivity contribution in [1.82, 2.24) is 5.16 Å². The summed E-state index contributed by atoms with van der Waals surface area (Å²) >= 11 is 0. The quantitative estimate of drug-likeness (QED) is 0.867. The van der Waals surface area contributed by atoms with Gasteiger partial charge in [-0.3, -0.25) is 0 Å². The lowest BCUT2D eigenvalue weighted by Gasteiger charge is -2.34. The molecule has 20 heavy (non-hydrogen) atoms. The van der Waals surface area contributed by atoms with Gasteiger partial charge in [0.05, 0.1) is 5.41 Å². The molecule has 1 aliphatic carbocycles. The molecule has 2 N–H and O–H groups in total. The number of benzene rings is 1. The fraction of sp³-hybridized carbons (Fsp3) is 0.235. The van der Waals surface area contributed by atoms with Gasteiger partial charge in [-0.05, 0) is 19.1 Å². The van der Waals surface area contributed by atoms with E-state index >= 15 is 0 Å². The lowest BCUT2D eigenvalue weighted by atomic mass is 9.69. The van der Waals surface area contributed by atoms with Crippen LogP contribution in [0.2, 0.25) is 0 Å². The summed E-state index contributed by atoms with van der Waals surface area (Å²) in [5.74, 6) is 0.178. The van der Waals surface area contributed by atoms with Crippen molar-refractivity contribution in [2.24, 2.45) is 11.7 Å². The molecular weight excluding hydrogens is 248 g/mol. The van der Waals surface area contributed by atoms with Crippen molar-refractivity contribution in [2.45, 2.75) is 12.3 Å². The fourth-order valence-corrected chi connectivity index (χ4v) is 2.96. The first kappa shape index (κ1) is 12.9. The molecule has 1 aromatic carbocycles. The molecule has 0 spiro atoms. The maximum Gasteiger partial charge on any atom is 0.167 e. The molecule has 0 saturated carbocycles. The molecule has 0 fully saturated rings. The van der Waals surface area contributed by atoms with Gasteiger partial charge in [0.2, 0.25) is 0 Å². The maximum absolute atomic E-state index is 5.98. The summed E-state index contributed by atoms with van der Waals surface area (Å²) in [6.07, 6.45) is 12.6. The van der Waals surface area contributed by atoms with Gasteiger partial charge in [-0.25, -0.2) is 0 Å². The summed E-state index contributed by atoms with van der Waals surface area (Å²) < 4.78 is 5.48. The van der Waals surface area contributed by atoms with Gasteiger partial charge in [0.1, 0.15) is 5.69 Å². The summed E-state index contributed by atoms with van der Waals surface area (Å²) in [6.45, 7) is 2.58. The molecule has 1 unspecified atom stereocenters. The van der Waals surface area contributed by atoms with Crippen LogP contribution in [0.1, 0.15) is 12.6 Å². The average molecular weight is 266 g/mol. The van der Waals surface area contributed by atoms with Gasteiger partial charge in [0.25, 0.3) is 0 Å². The van der Waals surface area contributed by atoms with Crippen LogP contribution in [0, 0.1) is 5.92 Å². The minimum absolute atomic E-state index is 0.178. The Hall–Kier alpha value is -2.13. The molecule has 1 aliphatic rings. The van der Waals surface area contributed by atoms with Gasteiger partial charge >= 0.3 is 0 Å². The van der Waals surface area contributed by atoms with E-state index in [9.17, 15) is 0 Å². The zero-order chi connectivity index (χ0) is 14.0. The molecule has 0 saturated heterocycles. The third kappa shape index (κ3) is 1.82. The second kappa shape index (κ2) is 5.10. The predicted octanol–water partition coefficient (Wildman–Crippen LogP) is 3.34. The molecule has 0 bridgehead atoms. The lowest BCUT2D eigenvalue weighted by molar-refractivity contribution is 0.401. The fourth-order valence-electron chi connectivity index (χ4n) is 2.96. The Morgan fingerprint density at radius 1 is 1.35 bits per heavy atom. The molecule has 1 heterocycles. The van der Waals surface area contributed by atoms with Crippen molar-refractivity contribution in [3.63, 3.8) is 0 Å². The third-order valence-electron chi connectivity index (χ3n) is 3.92. The average Bonchev–Trinajstić information content (AvgIpc) is 2.92. The van der Waals surface area contributed by atoms with E-state index in [1.54, 1.807) is 0 Å². The van der Waals surface area contributed by atoms with E-state index in [0.29, 0.717) is 6.54 Å². The van der Waals surface area contributed by atoms with Crippen molar-refractivity contribution < 1.29 is 4.52 Å². The Labute approximate surface area is 118 Å². The molecule has 0 amide bonds. The van der Waals surface area contributed by atoms with Gasteiger partial charge < -0.3 is 10.3 Å². The Morgan fingerprint density at radius 2 is 2.20 bits per heavy atom. The highest BCUT2D eigenvalue weighted by Crippen LogP contribution is 2.41. The summed E-state index contributed by atoms with van der Waals surface area (Å²) in [5, 5.41) is 5.39. The molecule has 3 heteroatoms. The molecule has 0 aliphatic heterocycles. The molecule has 2 aromatic rings. The van der Waals surface area contributed by atoms with E-state index in [1.165, 1.54) is 0 Å². The largest absolute Gasteiger partial charge is 0.356 e. The van der Waals surface area contributed by atoms with Crippen LogP contribution in [0.4, 0.5) is 0 Å². The minimum Gasteiger partial charge on any atom is -0.356 e. The van der Waals surface area contributed by atoms with E-state index in [1.807, 2.05) is 37.3 Å². The van der Waals surface area contributed by atoms with Crippen LogP contribution in [0.3, 0.4) is 0 Å². The molecule has 2 atom stereocenters. The van der Waals surface area contributed by atoms with Crippen molar-refractivity contribution in [2.75, 3.05) is 6.54 Å². The first-order chi connectivity index (χ1) is 9.81.